The second kappa shape index (κ2) is 7.80. The lowest BCUT2D eigenvalue weighted by molar-refractivity contribution is -0.122. The molecule has 1 unspecified atom stereocenters. The maximum absolute atomic E-state index is 11.9. The molecule has 1 atom stereocenters. The third-order valence-electron chi connectivity index (χ3n) is 2.18. The second-order valence-electron chi connectivity index (χ2n) is 3.69. The molecule has 0 saturated carbocycles. The van der Waals surface area contributed by atoms with E-state index in [1.54, 1.807) is 17.5 Å². The lowest BCUT2D eigenvalue weighted by Crippen LogP contribution is -2.37. The van der Waals surface area contributed by atoms with Crippen molar-refractivity contribution in [3.05, 3.63) is 22.4 Å². The van der Waals surface area contributed by atoms with E-state index in [1.807, 2.05) is 0 Å². The van der Waals surface area contributed by atoms with E-state index in [1.165, 1.54) is 11.3 Å². The van der Waals surface area contributed by atoms with Crippen molar-refractivity contribution in [3.63, 3.8) is 0 Å². The molecular formula is C11H14F2N2O3S. The van der Waals surface area contributed by atoms with Gasteiger partial charge in [-0.25, -0.2) is 8.78 Å². The number of hydrogen-bond acceptors (Lipinski definition) is 4. The van der Waals surface area contributed by atoms with E-state index in [4.69, 9.17) is 5.11 Å². The van der Waals surface area contributed by atoms with E-state index in [0.717, 1.165) is 0 Å². The summed E-state index contributed by atoms with van der Waals surface area (Å²) in [5, 5.41) is 15.2. The summed E-state index contributed by atoms with van der Waals surface area (Å²) in [4.78, 5) is 23.2. The highest BCUT2D eigenvalue weighted by Gasteiger charge is 2.17. The van der Waals surface area contributed by atoms with Crippen molar-refractivity contribution in [2.24, 2.45) is 0 Å². The van der Waals surface area contributed by atoms with Crippen LogP contribution < -0.4 is 10.6 Å². The van der Waals surface area contributed by atoms with E-state index < -0.39 is 25.0 Å². The number of halogens is 2. The van der Waals surface area contributed by atoms with Gasteiger partial charge in [-0.15, -0.1) is 11.3 Å². The molecule has 8 heteroatoms. The van der Waals surface area contributed by atoms with Crippen molar-refractivity contribution in [1.29, 1.82) is 0 Å². The number of aliphatic hydroxyl groups excluding tert-OH is 1. The standard InChI is InChI=1S/C11H14F2N2O3S/c12-10(13)7(16)6-15-9(17)3-4-14-11(18)8-2-1-5-19-8/h1-2,5,7,10,16H,3-4,6H2,(H,14,18)(H,15,17). The molecule has 1 aromatic heterocycles. The molecular weight excluding hydrogens is 278 g/mol. The quantitative estimate of drug-likeness (QED) is 0.689. The molecule has 0 bridgehead atoms. The first kappa shape index (κ1) is 15.5. The first-order chi connectivity index (χ1) is 9.00. The average molecular weight is 292 g/mol. The van der Waals surface area contributed by atoms with Crippen LogP contribution in [0.3, 0.4) is 0 Å². The van der Waals surface area contributed by atoms with Crippen LogP contribution in [-0.4, -0.2) is 42.5 Å². The molecule has 0 aliphatic carbocycles. The molecule has 1 aromatic rings. The summed E-state index contributed by atoms with van der Waals surface area (Å²) in [7, 11) is 0. The van der Waals surface area contributed by atoms with Crippen molar-refractivity contribution in [3.8, 4) is 0 Å². The third kappa shape index (κ3) is 5.75. The lowest BCUT2D eigenvalue weighted by atomic mass is 10.3. The molecule has 5 nitrogen and oxygen atoms in total. The van der Waals surface area contributed by atoms with E-state index in [9.17, 15) is 18.4 Å². The number of amides is 2. The summed E-state index contributed by atoms with van der Waals surface area (Å²) in [6.45, 7) is -0.400. The van der Waals surface area contributed by atoms with Gasteiger partial charge in [0, 0.05) is 19.5 Å². The monoisotopic (exact) mass is 292 g/mol. The van der Waals surface area contributed by atoms with Gasteiger partial charge in [-0.05, 0) is 11.4 Å². The number of carbonyl (C=O) groups excluding carboxylic acids is 2. The van der Waals surface area contributed by atoms with Gasteiger partial charge in [0.25, 0.3) is 12.3 Å². The van der Waals surface area contributed by atoms with Crippen LogP contribution in [-0.2, 0) is 4.79 Å². The Morgan fingerprint density at radius 2 is 2.11 bits per heavy atom. The molecule has 106 valence electrons. The van der Waals surface area contributed by atoms with Crippen molar-refractivity contribution in [2.45, 2.75) is 19.0 Å². The molecule has 1 heterocycles. The molecule has 3 N–H and O–H groups in total. The minimum absolute atomic E-state index is 0.0346. The molecule has 0 aliphatic heterocycles. The zero-order valence-electron chi connectivity index (χ0n) is 9.94. The number of thiophene rings is 1. The van der Waals surface area contributed by atoms with E-state index in [-0.39, 0.29) is 18.9 Å². The van der Waals surface area contributed by atoms with Crippen LogP contribution in [0.15, 0.2) is 17.5 Å². The minimum Gasteiger partial charge on any atom is -0.385 e. The van der Waals surface area contributed by atoms with Gasteiger partial charge < -0.3 is 15.7 Å². The van der Waals surface area contributed by atoms with Crippen LogP contribution in [0.2, 0.25) is 0 Å². The zero-order chi connectivity index (χ0) is 14.3. The highest BCUT2D eigenvalue weighted by Crippen LogP contribution is 2.07. The fourth-order valence-corrected chi connectivity index (χ4v) is 1.82. The van der Waals surface area contributed by atoms with Gasteiger partial charge in [0.1, 0.15) is 6.10 Å². The van der Waals surface area contributed by atoms with Crippen LogP contribution in [0.4, 0.5) is 8.78 Å². The fraction of sp³-hybridized carbons (Fsp3) is 0.455. The second-order valence-corrected chi connectivity index (χ2v) is 4.64. The topological polar surface area (TPSA) is 78.4 Å². The van der Waals surface area contributed by atoms with E-state index >= 15 is 0 Å². The Morgan fingerprint density at radius 3 is 2.68 bits per heavy atom. The predicted molar refractivity (Wildman–Crippen MR) is 66.3 cm³/mol. The molecule has 1 rings (SSSR count). The molecule has 0 aromatic carbocycles. The largest absolute Gasteiger partial charge is 0.385 e. The smallest absolute Gasteiger partial charge is 0.265 e. The van der Waals surface area contributed by atoms with Gasteiger partial charge in [-0.3, -0.25) is 9.59 Å². The van der Waals surface area contributed by atoms with Gasteiger partial charge in [0.15, 0.2) is 0 Å². The Morgan fingerprint density at radius 1 is 1.37 bits per heavy atom. The predicted octanol–water partition coefficient (Wildman–Crippen LogP) is 0.610. The third-order valence-corrected chi connectivity index (χ3v) is 3.05. The highest BCUT2D eigenvalue weighted by atomic mass is 32.1. The number of hydrogen-bond donors (Lipinski definition) is 3. The molecule has 0 radical (unpaired) electrons. The molecule has 0 aliphatic rings. The van der Waals surface area contributed by atoms with Crippen molar-refractivity contribution in [2.75, 3.05) is 13.1 Å². The van der Waals surface area contributed by atoms with E-state index in [0.29, 0.717) is 4.88 Å². The van der Waals surface area contributed by atoms with Crippen LogP contribution in [0.1, 0.15) is 16.1 Å². The molecule has 0 saturated heterocycles. The van der Waals surface area contributed by atoms with E-state index in [2.05, 4.69) is 10.6 Å². The normalized spacial score (nSPS) is 12.2. The van der Waals surface area contributed by atoms with Crippen molar-refractivity contribution >= 4 is 23.2 Å². The Bertz CT molecular complexity index is 412. The number of alkyl halides is 2. The summed E-state index contributed by atoms with van der Waals surface area (Å²) in [5.41, 5.74) is 0. The van der Waals surface area contributed by atoms with Crippen molar-refractivity contribution < 1.29 is 23.5 Å². The summed E-state index contributed by atoms with van der Waals surface area (Å²) in [6.07, 6.45) is -4.80. The fourth-order valence-electron chi connectivity index (χ4n) is 1.18. The molecule has 19 heavy (non-hydrogen) atoms. The van der Waals surface area contributed by atoms with Crippen LogP contribution in [0.5, 0.6) is 0 Å². The molecule has 0 spiro atoms. The number of nitrogens with one attached hydrogen (secondary N) is 2. The lowest BCUT2D eigenvalue weighted by Gasteiger charge is -2.10. The minimum atomic E-state index is -2.89. The number of aliphatic hydroxyl groups is 1. The summed E-state index contributed by atoms with van der Waals surface area (Å²) < 4.78 is 23.9. The summed E-state index contributed by atoms with van der Waals surface area (Å²) in [6, 6.07) is 3.39. The van der Waals surface area contributed by atoms with Crippen LogP contribution in [0.25, 0.3) is 0 Å². The van der Waals surface area contributed by atoms with Gasteiger partial charge >= 0.3 is 0 Å². The Balaban J connectivity index is 2.15. The Kier molecular flexibility index (Phi) is 6.37. The van der Waals surface area contributed by atoms with Gasteiger partial charge in [-0.1, -0.05) is 6.07 Å². The first-order valence-corrected chi connectivity index (χ1v) is 6.43. The molecule has 0 fully saturated rings. The highest BCUT2D eigenvalue weighted by molar-refractivity contribution is 7.12. The van der Waals surface area contributed by atoms with Gasteiger partial charge in [0.2, 0.25) is 5.91 Å². The van der Waals surface area contributed by atoms with Gasteiger partial charge in [0.05, 0.1) is 4.88 Å². The Hall–Kier alpha value is -1.54. The summed E-state index contributed by atoms with van der Waals surface area (Å²) >= 11 is 1.28. The van der Waals surface area contributed by atoms with Crippen molar-refractivity contribution in [1.82, 2.24) is 10.6 Å². The zero-order valence-corrected chi connectivity index (χ0v) is 10.8. The first-order valence-electron chi connectivity index (χ1n) is 5.55. The SMILES string of the molecule is O=C(CCNC(=O)c1cccs1)NCC(O)C(F)F. The van der Waals surface area contributed by atoms with Crippen LogP contribution in [0, 0.1) is 0 Å². The Labute approximate surface area is 112 Å². The molecule has 2 amide bonds. The number of rotatable bonds is 7. The maximum Gasteiger partial charge on any atom is 0.265 e. The average Bonchev–Trinajstić information content (AvgIpc) is 2.89. The summed E-state index contributed by atoms with van der Waals surface area (Å²) in [5.74, 6) is -0.790. The van der Waals surface area contributed by atoms with Gasteiger partial charge in [-0.2, -0.15) is 0 Å². The number of carbonyl (C=O) groups is 2. The van der Waals surface area contributed by atoms with Crippen LogP contribution >= 0.6 is 11.3 Å². The maximum atomic E-state index is 11.9.